The number of aromatic amines is 1. The number of nitrogens with zero attached hydrogens (tertiary/aromatic N) is 3. The molecule has 0 aliphatic heterocycles. The summed E-state index contributed by atoms with van der Waals surface area (Å²) in [6.07, 6.45) is 0. The number of nitrogens with two attached hydrogens (primary N) is 1. The van der Waals surface area contributed by atoms with Gasteiger partial charge in [0.05, 0.1) is 36.1 Å². The molecule has 36 heavy (non-hydrogen) atoms. The molecule has 12 nitrogen and oxygen atoms in total. The first kappa shape index (κ1) is 25.0. The number of carbonyl (C=O) groups excluding carboxylic acids is 1. The average Bonchev–Trinajstić information content (AvgIpc) is 2.86. The van der Waals surface area contributed by atoms with E-state index < -0.39 is 21.5 Å². The molecule has 0 saturated carbocycles. The Morgan fingerprint density at radius 2 is 1.72 bits per heavy atom. The number of hydrogen-bond acceptors (Lipinski definition) is 9. The fourth-order valence-corrected chi connectivity index (χ4v) is 4.11. The molecule has 4 rings (SSSR count). The van der Waals surface area contributed by atoms with Crippen molar-refractivity contribution in [3.63, 3.8) is 0 Å². The number of ether oxygens (including phenoxy) is 2. The van der Waals surface area contributed by atoms with Crippen LogP contribution in [0.4, 0.5) is 0 Å². The van der Waals surface area contributed by atoms with E-state index in [9.17, 15) is 18.0 Å². The molecule has 2 aromatic heterocycles. The minimum atomic E-state index is -3.80. The van der Waals surface area contributed by atoms with Crippen LogP contribution in [0.25, 0.3) is 16.9 Å². The van der Waals surface area contributed by atoms with Crippen molar-refractivity contribution in [2.75, 3.05) is 14.2 Å². The maximum atomic E-state index is 13.2. The minimum absolute atomic E-state index is 0.00955. The van der Waals surface area contributed by atoms with Gasteiger partial charge in [-0.1, -0.05) is 12.1 Å². The summed E-state index contributed by atoms with van der Waals surface area (Å²) < 4.78 is 34.1. The molecule has 2 heterocycles. The molecule has 0 fully saturated rings. The summed E-state index contributed by atoms with van der Waals surface area (Å²) in [5.74, 6) is -0.0690. The number of primary sulfonamides is 1. The Labute approximate surface area is 209 Å². The van der Waals surface area contributed by atoms with Gasteiger partial charge in [-0.3, -0.25) is 9.59 Å². The Kier molecular flexibility index (Phi) is 6.83. The lowest BCUT2D eigenvalue weighted by Gasteiger charge is -2.10. The molecular formula is C22H20N6O6S2. The van der Waals surface area contributed by atoms with Crippen molar-refractivity contribution in [3.8, 4) is 17.7 Å². The quantitative estimate of drug-likeness (QED) is 0.300. The van der Waals surface area contributed by atoms with Crippen LogP contribution < -0.4 is 25.5 Å². The van der Waals surface area contributed by atoms with E-state index in [4.69, 9.17) is 26.8 Å². The molecule has 0 aliphatic carbocycles. The van der Waals surface area contributed by atoms with Gasteiger partial charge in [-0.15, -0.1) is 0 Å². The first-order valence-electron chi connectivity index (χ1n) is 10.3. The summed E-state index contributed by atoms with van der Waals surface area (Å²) in [7, 11) is -0.960. The largest absolute Gasteiger partial charge is 0.481 e. The van der Waals surface area contributed by atoms with E-state index >= 15 is 0 Å². The zero-order valence-corrected chi connectivity index (χ0v) is 20.6. The minimum Gasteiger partial charge on any atom is -0.481 e. The predicted molar refractivity (Wildman–Crippen MR) is 132 cm³/mol. The fraction of sp³-hybridized carbons (Fsp3) is 0.136. The van der Waals surface area contributed by atoms with E-state index in [1.807, 2.05) is 0 Å². The van der Waals surface area contributed by atoms with Crippen LogP contribution in [0.1, 0.15) is 15.9 Å². The number of carbonyl (C=O) groups is 1. The van der Waals surface area contributed by atoms with Gasteiger partial charge in [0.1, 0.15) is 0 Å². The highest BCUT2D eigenvalue weighted by Gasteiger charge is 2.15. The number of methoxy groups -OCH3 is 2. The number of fused-ring (bicyclic) bond motifs is 1. The number of rotatable bonds is 7. The van der Waals surface area contributed by atoms with Crippen LogP contribution >= 0.6 is 12.2 Å². The molecule has 0 saturated heterocycles. The molecule has 2 aromatic carbocycles. The Balaban J connectivity index is 1.62. The zero-order chi connectivity index (χ0) is 26.0. The summed E-state index contributed by atoms with van der Waals surface area (Å²) in [4.78, 5) is 37.1. The normalized spacial score (nSPS) is 11.3. The fourth-order valence-electron chi connectivity index (χ4n) is 3.32. The second-order valence-electron chi connectivity index (χ2n) is 7.46. The SMILES string of the molecule is COc1cc(OC)nc(-n2c(=S)[nH]c3cc(C(=O)NCc4ccc(S(N)(=O)=O)cc4)ccc3c2=O)n1. The van der Waals surface area contributed by atoms with Gasteiger partial charge in [0.2, 0.25) is 27.7 Å². The number of H-pyrrole nitrogens is 1. The van der Waals surface area contributed by atoms with Gasteiger partial charge in [-0.25, -0.2) is 18.1 Å². The molecule has 14 heteroatoms. The van der Waals surface area contributed by atoms with E-state index in [1.54, 1.807) is 12.1 Å². The Morgan fingerprint density at radius 3 is 2.31 bits per heavy atom. The van der Waals surface area contributed by atoms with Crippen LogP contribution in [0.15, 0.2) is 58.2 Å². The summed E-state index contributed by atoms with van der Waals surface area (Å²) in [6, 6.07) is 11.8. The second-order valence-corrected chi connectivity index (χ2v) is 9.40. The first-order valence-corrected chi connectivity index (χ1v) is 12.2. The number of aromatic nitrogens is 4. The molecule has 4 aromatic rings. The van der Waals surface area contributed by atoms with Crippen molar-refractivity contribution < 1.29 is 22.7 Å². The maximum absolute atomic E-state index is 13.2. The van der Waals surface area contributed by atoms with Crippen molar-refractivity contribution in [1.29, 1.82) is 0 Å². The monoisotopic (exact) mass is 528 g/mol. The summed E-state index contributed by atoms with van der Waals surface area (Å²) >= 11 is 5.36. The van der Waals surface area contributed by atoms with Crippen molar-refractivity contribution in [2.45, 2.75) is 11.4 Å². The van der Waals surface area contributed by atoms with Crippen molar-refractivity contribution in [3.05, 3.63) is 74.8 Å². The highest BCUT2D eigenvalue weighted by atomic mass is 32.2. The van der Waals surface area contributed by atoms with Crippen molar-refractivity contribution >= 4 is 39.1 Å². The Hall–Kier alpha value is -4.14. The van der Waals surface area contributed by atoms with Gasteiger partial charge >= 0.3 is 0 Å². The molecule has 0 atom stereocenters. The van der Waals surface area contributed by atoms with E-state index in [-0.39, 0.29) is 44.9 Å². The number of benzene rings is 2. The van der Waals surface area contributed by atoms with Crippen LogP contribution in [-0.4, -0.2) is 48.1 Å². The molecule has 0 spiro atoms. The summed E-state index contributed by atoms with van der Waals surface area (Å²) in [5.41, 5.74) is 0.811. The summed E-state index contributed by atoms with van der Waals surface area (Å²) in [5, 5.41) is 8.08. The molecule has 0 unspecified atom stereocenters. The predicted octanol–water partition coefficient (Wildman–Crippen LogP) is 1.43. The second kappa shape index (κ2) is 9.85. The third-order valence-electron chi connectivity index (χ3n) is 5.15. The molecule has 4 N–H and O–H groups in total. The topological polar surface area (TPSA) is 171 Å². The van der Waals surface area contributed by atoms with E-state index in [0.717, 1.165) is 4.57 Å². The number of hydrogen-bond donors (Lipinski definition) is 3. The Morgan fingerprint density at radius 1 is 1.08 bits per heavy atom. The van der Waals surface area contributed by atoms with Gasteiger partial charge in [0.15, 0.2) is 4.77 Å². The van der Waals surface area contributed by atoms with Crippen LogP contribution in [0.3, 0.4) is 0 Å². The van der Waals surface area contributed by atoms with Gasteiger partial charge in [-0.2, -0.15) is 9.97 Å². The lowest BCUT2D eigenvalue weighted by Crippen LogP contribution is -2.24. The first-order chi connectivity index (χ1) is 17.1. The van der Waals surface area contributed by atoms with Crippen molar-refractivity contribution in [1.82, 2.24) is 24.8 Å². The van der Waals surface area contributed by atoms with E-state index in [1.165, 1.54) is 50.6 Å². The third kappa shape index (κ3) is 5.10. The van der Waals surface area contributed by atoms with E-state index in [2.05, 4.69) is 20.3 Å². The highest BCUT2D eigenvalue weighted by molar-refractivity contribution is 7.89. The van der Waals surface area contributed by atoms with Crippen molar-refractivity contribution in [2.24, 2.45) is 5.14 Å². The molecule has 0 radical (unpaired) electrons. The maximum Gasteiger partial charge on any atom is 0.269 e. The number of nitrogens with one attached hydrogen (secondary N) is 2. The molecule has 0 aliphatic rings. The van der Waals surface area contributed by atoms with Crippen LogP contribution in [0, 0.1) is 4.77 Å². The van der Waals surface area contributed by atoms with Crippen LogP contribution in [0.2, 0.25) is 0 Å². The van der Waals surface area contributed by atoms with Crippen LogP contribution in [0.5, 0.6) is 11.8 Å². The highest BCUT2D eigenvalue weighted by Crippen LogP contribution is 2.18. The molecule has 1 amide bonds. The smallest absolute Gasteiger partial charge is 0.269 e. The van der Waals surface area contributed by atoms with Gasteiger partial charge in [0.25, 0.3) is 11.5 Å². The standard InChI is InChI=1S/C22H20N6O6S2/c1-33-17-10-18(34-2)27-21(26-17)28-20(30)15-8-5-13(9-16(15)25-22(28)35)19(29)24-11-12-3-6-14(7-4-12)36(23,31)32/h3-10H,11H2,1-2H3,(H,24,29)(H,25,35)(H2,23,31,32). The summed E-state index contributed by atoms with van der Waals surface area (Å²) in [6.45, 7) is 0.147. The van der Waals surface area contributed by atoms with Crippen LogP contribution in [-0.2, 0) is 16.6 Å². The number of amides is 1. The lowest BCUT2D eigenvalue weighted by atomic mass is 10.1. The lowest BCUT2D eigenvalue weighted by molar-refractivity contribution is 0.0951. The third-order valence-corrected chi connectivity index (χ3v) is 6.36. The molecule has 186 valence electrons. The van der Waals surface area contributed by atoms with Gasteiger partial charge < -0.3 is 19.8 Å². The molecule has 0 bridgehead atoms. The average molecular weight is 529 g/mol. The Bertz CT molecular complexity index is 1680. The van der Waals surface area contributed by atoms with Gasteiger partial charge in [0, 0.05) is 12.1 Å². The number of sulfonamides is 1. The van der Waals surface area contributed by atoms with E-state index in [0.29, 0.717) is 11.1 Å². The molecular weight excluding hydrogens is 508 g/mol. The zero-order valence-electron chi connectivity index (χ0n) is 19.0. The van der Waals surface area contributed by atoms with Gasteiger partial charge in [-0.05, 0) is 48.1 Å².